The molecule has 2 aliphatic rings. The van der Waals surface area contributed by atoms with Crippen molar-refractivity contribution in [1.82, 2.24) is 9.80 Å². The van der Waals surface area contributed by atoms with Gasteiger partial charge < -0.3 is 4.90 Å². The highest BCUT2D eigenvalue weighted by Crippen LogP contribution is 2.18. The predicted octanol–water partition coefficient (Wildman–Crippen LogP) is 2.64. The van der Waals surface area contributed by atoms with Gasteiger partial charge in [0.1, 0.15) is 0 Å². The molecule has 0 unspecified atom stereocenters. The number of halogens is 1. The Morgan fingerprint density at radius 3 is 2.45 bits per heavy atom. The maximum absolute atomic E-state index is 12.6. The largest absolute Gasteiger partial charge is 0.342 e. The van der Waals surface area contributed by atoms with E-state index in [-0.39, 0.29) is 5.91 Å². The lowest BCUT2D eigenvalue weighted by atomic mass is 10.1. The highest BCUT2D eigenvalue weighted by molar-refractivity contribution is 6.30. The Hall–Kier alpha value is -1.55. The van der Waals surface area contributed by atoms with Gasteiger partial charge in [0.05, 0.1) is 6.54 Å². The van der Waals surface area contributed by atoms with Crippen LogP contribution in [0.4, 0.5) is 0 Å². The second-order valence-electron chi connectivity index (χ2n) is 5.19. The van der Waals surface area contributed by atoms with Gasteiger partial charge in [-0.3, -0.25) is 14.7 Å². The summed E-state index contributed by atoms with van der Waals surface area (Å²) in [6, 6.07) is 7.05. The molecule has 106 valence electrons. The summed E-state index contributed by atoms with van der Waals surface area (Å²) in [6.45, 7) is 3.38. The number of carbonyl (C=O) groups is 1. The van der Waals surface area contributed by atoms with Crippen LogP contribution in [0.15, 0.2) is 29.3 Å². The van der Waals surface area contributed by atoms with E-state index in [1.165, 1.54) is 19.3 Å². The van der Waals surface area contributed by atoms with Gasteiger partial charge in [-0.05, 0) is 43.5 Å². The summed E-state index contributed by atoms with van der Waals surface area (Å²) >= 11 is 5.87. The van der Waals surface area contributed by atoms with Crippen LogP contribution in [0.5, 0.6) is 0 Å². The molecule has 1 saturated heterocycles. The third kappa shape index (κ3) is 2.66. The van der Waals surface area contributed by atoms with Crippen molar-refractivity contribution in [2.24, 2.45) is 4.99 Å². The third-order valence-electron chi connectivity index (χ3n) is 3.79. The van der Waals surface area contributed by atoms with Gasteiger partial charge in [-0.2, -0.15) is 0 Å². The van der Waals surface area contributed by atoms with Gasteiger partial charge in [0.15, 0.2) is 0 Å². The van der Waals surface area contributed by atoms with Crippen molar-refractivity contribution in [3.8, 4) is 0 Å². The SMILES string of the molecule is O=C(c1ccc(Cl)cc1)N1CCN=C1N1CCCCC1. The molecule has 0 bridgehead atoms. The van der Waals surface area contributed by atoms with E-state index in [2.05, 4.69) is 9.89 Å². The minimum absolute atomic E-state index is 0.0171. The zero-order valence-electron chi connectivity index (χ0n) is 11.4. The number of hydrogen-bond donors (Lipinski definition) is 0. The molecule has 0 radical (unpaired) electrons. The summed E-state index contributed by atoms with van der Waals surface area (Å²) in [5.41, 5.74) is 0.668. The number of guanidine groups is 1. The van der Waals surface area contributed by atoms with Crippen molar-refractivity contribution >= 4 is 23.5 Å². The Morgan fingerprint density at radius 1 is 1.05 bits per heavy atom. The van der Waals surface area contributed by atoms with Gasteiger partial charge in [-0.15, -0.1) is 0 Å². The first kappa shape index (κ1) is 13.4. The molecular formula is C15H18ClN3O. The fourth-order valence-corrected chi connectivity index (χ4v) is 2.87. The zero-order chi connectivity index (χ0) is 13.9. The number of amides is 1. The molecule has 3 rings (SSSR count). The van der Waals surface area contributed by atoms with Crippen molar-refractivity contribution in [2.45, 2.75) is 19.3 Å². The topological polar surface area (TPSA) is 35.9 Å². The molecule has 4 nitrogen and oxygen atoms in total. The highest BCUT2D eigenvalue weighted by atomic mass is 35.5. The Balaban J connectivity index is 1.77. The molecule has 1 fully saturated rings. The average Bonchev–Trinajstić information content (AvgIpc) is 2.97. The molecule has 2 aliphatic heterocycles. The molecule has 0 aromatic heterocycles. The van der Waals surface area contributed by atoms with Crippen LogP contribution in [-0.4, -0.2) is 47.8 Å². The molecule has 20 heavy (non-hydrogen) atoms. The van der Waals surface area contributed by atoms with Crippen LogP contribution < -0.4 is 0 Å². The molecule has 1 aromatic carbocycles. The number of benzene rings is 1. The van der Waals surface area contributed by atoms with E-state index in [4.69, 9.17) is 11.6 Å². The lowest BCUT2D eigenvalue weighted by molar-refractivity contribution is 0.0841. The normalized spacial score (nSPS) is 19.1. The van der Waals surface area contributed by atoms with Gasteiger partial charge in [0, 0.05) is 30.2 Å². The fraction of sp³-hybridized carbons (Fsp3) is 0.467. The van der Waals surface area contributed by atoms with E-state index < -0.39 is 0 Å². The predicted molar refractivity (Wildman–Crippen MR) is 80.2 cm³/mol. The van der Waals surface area contributed by atoms with Crippen LogP contribution in [0.3, 0.4) is 0 Å². The maximum atomic E-state index is 12.6. The number of hydrogen-bond acceptors (Lipinski definition) is 3. The molecule has 0 N–H and O–H groups in total. The number of rotatable bonds is 1. The van der Waals surface area contributed by atoms with Crippen molar-refractivity contribution < 1.29 is 4.79 Å². The summed E-state index contributed by atoms with van der Waals surface area (Å²) in [5, 5.41) is 0.646. The minimum atomic E-state index is 0.0171. The molecule has 0 spiro atoms. The van der Waals surface area contributed by atoms with E-state index in [0.29, 0.717) is 23.7 Å². The number of piperidine rings is 1. The van der Waals surface area contributed by atoms with E-state index in [9.17, 15) is 4.79 Å². The molecule has 0 saturated carbocycles. The number of aliphatic imine (C=N–C) groups is 1. The van der Waals surface area contributed by atoms with Gasteiger partial charge in [0.25, 0.3) is 5.91 Å². The Morgan fingerprint density at radius 2 is 1.75 bits per heavy atom. The molecule has 5 heteroatoms. The van der Waals surface area contributed by atoms with E-state index in [1.54, 1.807) is 29.2 Å². The second-order valence-corrected chi connectivity index (χ2v) is 5.63. The highest BCUT2D eigenvalue weighted by Gasteiger charge is 2.29. The Bertz CT molecular complexity index is 520. The molecular weight excluding hydrogens is 274 g/mol. The Kier molecular flexibility index (Phi) is 3.92. The average molecular weight is 292 g/mol. The van der Waals surface area contributed by atoms with Crippen LogP contribution in [-0.2, 0) is 0 Å². The summed E-state index contributed by atoms with van der Waals surface area (Å²) < 4.78 is 0. The van der Waals surface area contributed by atoms with Crippen LogP contribution in [0.1, 0.15) is 29.6 Å². The van der Waals surface area contributed by atoms with Crippen molar-refractivity contribution in [3.63, 3.8) is 0 Å². The first-order chi connectivity index (χ1) is 9.75. The van der Waals surface area contributed by atoms with Crippen molar-refractivity contribution in [3.05, 3.63) is 34.9 Å². The third-order valence-corrected chi connectivity index (χ3v) is 4.05. The number of likely N-dealkylation sites (tertiary alicyclic amines) is 1. The summed E-state index contributed by atoms with van der Waals surface area (Å²) in [4.78, 5) is 21.2. The Labute approximate surface area is 124 Å². The van der Waals surface area contributed by atoms with Gasteiger partial charge in [-0.25, -0.2) is 0 Å². The molecule has 2 heterocycles. The number of carbonyl (C=O) groups excluding carboxylic acids is 1. The first-order valence-corrected chi connectivity index (χ1v) is 7.50. The van der Waals surface area contributed by atoms with Crippen LogP contribution in [0, 0.1) is 0 Å². The molecule has 1 aromatic rings. The maximum Gasteiger partial charge on any atom is 0.260 e. The van der Waals surface area contributed by atoms with Gasteiger partial charge in [0.2, 0.25) is 5.96 Å². The quantitative estimate of drug-likeness (QED) is 0.797. The molecule has 0 aliphatic carbocycles. The smallest absolute Gasteiger partial charge is 0.260 e. The van der Waals surface area contributed by atoms with Crippen molar-refractivity contribution in [2.75, 3.05) is 26.2 Å². The minimum Gasteiger partial charge on any atom is -0.342 e. The van der Waals surface area contributed by atoms with Crippen molar-refractivity contribution in [1.29, 1.82) is 0 Å². The van der Waals surface area contributed by atoms with Crippen LogP contribution in [0.25, 0.3) is 0 Å². The van der Waals surface area contributed by atoms with E-state index in [1.807, 2.05) is 0 Å². The first-order valence-electron chi connectivity index (χ1n) is 7.12. The molecule has 0 atom stereocenters. The monoisotopic (exact) mass is 291 g/mol. The summed E-state index contributed by atoms with van der Waals surface area (Å²) in [7, 11) is 0. The standard InChI is InChI=1S/C15H18ClN3O/c16-13-6-4-12(5-7-13)14(20)19-11-8-17-15(19)18-9-2-1-3-10-18/h4-7H,1-3,8-11H2. The fourth-order valence-electron chi connectivity index (χ4n) is 2.74. The summed E-state index contributed by atoms with van der Waals surface area (Å²) in [6.07, 6.45) is 3.64. The van der Waals surface area contributed by atoms with Gasteiger partial charge in [-0.1, -0.05) is 11.6 Å². The lowest BCUT2D eigenvalue weighted by Crippen LogP contribution is -2.46. The van der Waals surface area contributed by atoms with Crippen LogP contribution >= 0.6 is 11.6 Å². The zero-order valence-corrected chi connectivity index (χ0v) is 12.1. The lowest BCUT2D eigenvalue weighted by Gasteiger charge is -2.32. The number of nitrogens with zero attached hydrogens (tertiary/aromatic N) is 3. The van der Waals surface area contributed by atoms with E-state index in [0.717, 1.165) is 19.0 Å². The second kappa shape index (κ2) is 5.83. The van der Waals surface area contributed by atoms with E-state index >= 15 is 0 Å². The molecule has 1 amide bonds. The van der Waals surface area contributed by atoms with Crippen LogP contribution in [0.2, 0.25) is 5.02 Å². The van der Waals surface area contributed by atoms with Gasteiger partial charge >= 0.3 is 0 Å². The summed E-state index contributed by atoms with van der Waals surface area (Å²) in [5.74, 6) is 0.869.